The van der Waals surface area contributed by atoms with Crippen molar-refractivity contribution in [2.24, 2.45) is 0 Å². The summed E-state index contributed by atoms with van der Waals surface area (Å²) in [6.07, 6.45) is 2.06. The summed E-state index contributed by atoms with van der Waals surface area (Å²) in [5.41, 5.74) is 1.66. The largest absolute Gasteiger partial charge is 0.493 e. The number of nitrogens with one attached hydrogen (secondary N) is 1. The second-order valence-corrected chi connectivity index (χ2v) is 5.75. The molecule has 0 aromatic heterocycles. The summed E-state index contributed by atoms with van der Waals surface area (Å²) in [5, 5.41) is 12.5. The van der Waals surface area contributed by atoms with Gasteiger partial charge >= 0.3 is 5.97 Å². The van der Waals surface area contributed by atoms with Gasteiger partial charge < -0.3 is 14.6 Å². The molecule has 0 saturated carbocycles. The summed E-state index contributed by atoms with van der Waals surface area (Å²) < 4.78 is 11.1. The number of carboxylic acids is 1. The lowest BCUT2D eigenvalue weighted by molar-refractivity contribution is -0.139. The Morgan fingerprint density at radius 3 is 2.56 bits per heavy atom. The molecule has 0 saturated heterocycles. The molecule has 0 spiro atoms. The number of hydrogen-bond donors (Lipinski definition) is 2. The highest BCUT2D eigenvalue weighted by Gasteiger charge is 2.19. The van der Waals surface area contributed by atoms with Crippen LogP contribution in [0.25, 0.3) is 0 Å². The molecular weight excluding hydrogens is 318 g/mol. The molecule has 0 bridgehead atoms. The lowest BCUT2D eigenvalue weighted by atomic mass is 10.1. The summed E-state index contributed by atoms with van der Waals surface area (Å²) in [6.45, 7) is 3.18. The highest BCUT2D eigenvalue weighted by atomic mass is 16.5. The van der Waals surface area contributed by atoms with Gasteiger partial charge in [0.05, 0.1) is 13.7 Å². The third-order valence-corrected chi connectivity index (χ3v) is 3.87. The molecule has 25 heavy (non-hydrogen) atoms. The van der Waals surface area contributed by atoms with E-state index in [4.69, 9.17) is 9.47 Å². The molecule has 2 N–H and O–H groups in total. The Morgan fingerprint density at radius 2 is 1.92 bits per heavy atom. The number of rotatable bonds is 10. The maximum Gasteiger partial charge on any atom is 0.325 e. The minimum atomic E-state index is -0.905. The van der Waals surface area contributed by atoms with Crippen molar-refractivity contribution in [2.45, 2.75) is 32.4 Å². The van der Waals surface area contributed by atoms with Crippen LogP contribution in [0.15, 0.2) is 48.5 Å². The van der Waals surface area contributed by atoms with Crippen LogP contribution in [0.3, 0.4) is 0 Å². The predicted octanol–water partition coefficient (Wildman–Crippen LogP) is 3.79. The molecule has 0 fully saturated rings. The quantitative estimate of drug-likeness (QED) is 0.643. The molecule has 0 heterocycles. The number of benzene rings is 2. The molecule has 0 aliphatic heterocycles. The Morgan fingerprint density at radius 1 is 1.16 bits per heavy atom. The Balaban J connectivity index is 2.05. The molecule has 2 aromatic carbocycles. The lowest BCUT2D eigenvalue weighted by Crippen LogP contribution is -2.28. The van der Waals surface area contributed by atoms with Crippen LogP contribution in [0.5, 0.6) is 11.5 Å². The average molecular weight is 343 g/mol. The normalized spacial score (nSPS) is 11.8. The van der Waals surface area contributed by atoms with E-state index in [-0.39, 0.29) is 0 Å². The van der Waals surface area contributed by atoms with E-state index in [1.54, 1.807) is 19.2 Å². The maximum absolute atomic E-state index is 11.5. The Kier molecular flexibility index (Phi) is 7.29. The molecule has 5 nitrogen and oxygen atoms in total. The summed E-state index contributed by atoms with van der Waals surface area (Å²) in [5.74, 6) is 0.456. The van der Waals surface area contributed by atoms with E-state index in [9.17, 15) is 9.90 Å². The lowest BCUT2D eigenvalue weighted by Gasteiger charge is -2.16. The van der Waals surface area contributed by atoms with Gasteiger partial charge in [0.15, 0.2) is 11.5 Å². The van der Waals surface area contributed by atoms with Crippen LogP contribution in [-0.4, -0.2) is 24.8 Å². The highest BCUT2D eigenvalue weighted by molar-refractivity contribution is 5.75. The van der Waals surface area contributed by atoms with Gasteiger partial charge in [0.25, 0.3) is 0 Å². The third kappa shape index (κ3) is 5.50. The van der Waals surface area contributed by atoms with Gasteiger partial charge in [0.2, 0.25) is 0 Å². The smallest absolute Gasteiger partial charge is 0.325 e. The Hall–Kier alpha value is -2.53. The van der Waals surface area contributed by atoms with Crippen molar-refractivity contribution in [3.63, 3.8) is 0 Å². The van der Waals surface area contributed by atoms with Gasteiger partial charge in [0.1, 0.15) is 6.04 Å². The van der Waals surface area contributed by atoms with Crippen LogP contribution in [0.4, 0.5) is 0 Å². The first-order chi connectivity index (χ1) is 12.2. The summed E-state index contributed by atoms with van der Waals surface area (Å²) in [4.78, 5) is 11.5. The number of ether oxygens (including phenoxy) is 2. The van der Waals surface area contributed by atoms with Gasteiger partial charge in [-0.3, -0.25) is 10.1 Å². The zero-order valence-corrected chi connectivity index (χ0v) is 14.7. The van der Waals surface area contributed by atoms with Gasteiger partial charge in [-0.1, -0.05) is 49.7 Å². The molecule has 0 aliphatic carbocycles. The van der Waals surface area contributed by atoms with Crippen LogP contribution >= 0.6 is 0 Å². The van der Waals surface area contributed by atoms with Crippen molar-refractivity contribution >= 4 is 5.97 Å². The number of methoxy groups -OCH3 is 1. The number of unbranched alkanes of at least 4 members (excludes halogenated alkanes) is 1. The fourth-order valence-electron chi connectivity index (χ4n) is 2.48. The van der Waals surface area contributed by atoms with Crippen molar-refractivity contribution < 1.29 is 19.4 Å². The van der Waals surface area contributed by atoms with Gasteiger partial charge in [-0.2, -0.15) is 0 Å². The molecule has 0 radical (unpaired) electrons. The van der Waals surface area contributed by atoms with Crippen molar-refractivity contribution in [2.75, 3.05) is 13.7 Å². The molecule has 0 unspecified atom stereocenters. The van der Waals surface area contributed by atoms with E-state index in [1.165, 1.54) is 0 Å². The van der Waals surface area contributed by atoms with Crippen molar-refractivity contribution in [1.82, 2.24) is 5.32 Å². The minimum absolute atomic E-state index is 0.414. The van der Waals surface area contributed by atoms with Gasteiger partial charge in [-0.15, -0.1) is 0 Å². The molecule has 5 heteroatoms. The van der Waals surface area contributed by atoms with Crippen LogP contribution in [0, 0.1) is 0 Å². The van der Waals surface area contributed by atoms with E-state index in [0.717, 1.165) is 24.0 Å². The molecule has 134 valence electrons. The van der Waals surface area contributed by atoms with Gasteiger partial charge in [-0.05, 0) is 29.7 Å². The molecule has 2 rings (SSSR count). The molecule has 2 aromatic rings. The van der Waals surface area contributed by atoms with Crippen LogP contribution in [-0.2, 0) is 11.3 Å². The Labute approximate surface area is 148 Å². The third-order valence-electron chi connectivity index (χ3n) is 3.87. The van der Waals surface area contributed by atoms with Gasteiger partial charge in [0, 0.05) is 6.54 Å². The fourth-order valence-corrected chi connectivity index (χ4v) is 2.48. The average Bonchev–Trinajstić information content (AvgIpc) is 2.63. The summed E-state index contributed by atoms with van der Waals surface area (Å²) in [6, 6.07) is 14.0. The van der Waals surface area contributed by atoms with Crippen molar-refractivity contribution in [3.8, 4) is 11.5 Å². The second-order valence-electron chi connectivity index (χ2n) is 5.75. The van der Waals surface area contributed by atoms with Crippen molar-refractivity contribution in [3.05, 3.63) is 59.7 Å². The minimum Gasteiger partial charge on any atom is -0.493 e. The zero-order chi connectivity index (χ0) is 18.1. The molecule has 1 atom stereocenters. The Bertz CT molecular complexity index is 673. The SMILES string of the molecule is CCCCOc1ccc(CN[C@@H](C(=O)O)c2ccccc2)cc1OC. The van der Waals surface area contributed by atoms with E-state index >= 15 is 0 Å². The molecular formula is C20H25NO4. The first-order valence-corrected chi connectivity index (χ1v) is 8.46. The molecule has 0 amide bonds. The van der Waals surface area contributed by atoms with Crippen LogP contribution in [0.2, 0.25) is 0 Å². The number of carboxylic acid groups (broad SMARTS) is 1. The summed E-state index contributed by atoms with van der Waals surface area (Å²) in [7, 11) is 1.60. The topological polar surface area (TPSA) is 67.8 Å². The first-order valence-electron chi connectivity index (χ1n) is 8.46. The highest BCUT2D eigenvalue weighted by Crippen LogP contribution is 2.28. The van der Waals surface area contributed by atoms with E-state index in [0.29, 0.717) is 24.7 Å². The standard InChI is InChI=1S/C20H25NO4/c1-3-4-12-25-17-11-10-15(13-18(17)24-2)14-21-19(20(22)23)16-8-6-5-7-9-16/h5-11,13,19,21H,3-4,12,14H2,1-2H3,(H,22,23)/t19-/m1/s1. The summed E-state index contributed by atoms with van der Waals surface area (Å²) >= 11 is 0. The monoisotopic (exact) mass is 343 g/mol. The maximum atomic E-state index is 11.5. The first kappa shape index (κ1) is 18.8. The zero-order valence-electron chi connectivity index (χ0n) is 14.7. The number of hydrogen-bond acceptors (Lipinski definition) is 4. The van der Waals surface area contributed by atoms with E-state index in [2.05, 4.69) is 12.2 Å². The second kappa shape index (κ2) is 9.69. The van der Waals surface area contributed by atoms with Crippen LogP contribution < -0.4 is 14.8 Å². The number of aliphatic carboxylic acids is 1. The fraction of sp³-hybridized carbons (Fsp3) is 0.350. The van der Waals surface area contributed by atoms with E-state index < -0.39 is 12.0 Å². The van der Waals surface area contributed by atoms with Gasteiger partial charge in [-0.25, -0.2) is 0 Å². The van der Waals surface area contributed by atoms with Crippen molar-refractivity contribution in [1.29, 1.82) is 0 Å². The van der Waals surface area contributed by atoms with E-state index in [1.807, 2.05) is 36.4 Å². The molecule has 0 aliphatic rings. The predicted molar refractivity (Wildman–Crippen MR) is 97.1 cm³/mol. The number of carbonyl (C=O) groups is 1. The van der Waals surface area contributed by atoms with Crippen LogP contribution in [0.1, 0.15) is 36.9 Å².